The van der Waals surface area contributed by atoms with Crippen LogP contribution < -0.4 is 10.6 Å². The van der Waals surface area contributed by atoms with E-state index >= 15 is 0 Å². The minimum absolute atomic E-state index is 0.0885. The molecule has 2 atom stereocenters. The molecule has 0 saturated heterocycles. The van der Waals surface area contributed by atoms with Crippen LogP contribution in [0.4, 0.5) is 4.79 Å². The molecule has 130 valence electrons. The van der Waals surface area contributed by atoms with Crippen LogP contribution in [0, 0.1) is 5.92 Å². The summed E-state index contributed by atoms with van der Waals surface area (Å²) >= 11 is 0. The molecule has 1 fully saturated rings. The molecule has 1 saturated carbocycles. The molecule has 0 spiro atoms. The summed E-state index contributed by atoms with van der Waals surface area (Å²) in [5.41, 5.74) is 2.34. The molecule has 1 aromatic carbocycles. The molecule has 2 aromatic rings. The molecule has 1 aliphatic carbocycles. The highest BCUT2D eigenvalue weighted by Crippen LogP contribution is 2.23. The maximum absolute atomic E-state index is 12.2. The molecule has 0 radical (unpaired) electrons. The molecule has 3 rings (SSSR count). The third-order valence-corrected chi connectivity index (χ3v) is 5.06. The van der Waals surface area contributed by atoms with Crippen LogP contribution in [0.3, 0.4) is 0 Å². The summed E-state index contributed by atoms with van der Waals surface area (Å²) in [6.07, 6.45) is 8.22. The van der Waals surface area contributed by atoms with E-state index in [1.54, 1.807) is 0 Å². The summed E-state index contributed by atoms with van der Waals surface area (Å²) in [4.78, 5) is 15.4. The normalized spacial score (nSPS) is 21.4. The van der Waals surface area contributed by atoms with Gasteiger partial charge in [0, 0.05) is 42.2 Å². The largest absolute Gasteiger partial charge is 0.396 e. The van der Waals surface area contributed by atoms with E-state index < -0.39 is 0 Å². The predicted molar refractivity (Wildman–Crippen MR) is 96.0 cm³/mol. The van der Waals surface area contributed by atoms with Crippen molar-refractivity contribution in [2.24, 2.45) is 5.92 Å². The Morgan fingerprint density at radius 3 is 2.92 bits per heavy atom. The average molecular weight is 329 g/mol. The number of aromatic nitrogens is 1. The van der Waals surface area contributed by atoms with E-state index in [4.69, 9.17) is 0 Å². The number of hydrogen-bond acceptors (Lipinski definition) is 2. The van der Waals surface area contributed by atoms with Crippen LogP contribution >= 0.6 is 0 Å². The first-order chi connectivity index (χ1) is 11.8. The lowest BCUT2D eigenvalue weighted by atomic mass is 9.96. The third-order valence-electron chi connectivity index (χ3n) is 5.06. The zero-order valence-electron chi connectivity index (χ0n) is 14.1. The van der Waals surface area contributed by atoms with Crippen molar-refractivity contribution in [3.8, 4) is 0 Å². The molecule has 1 aromatic heterocycles. The topological polar surface area (TPSA) is 77.2 Å². The zero-order valence-corrected chi connectivity index (χ0v) is 14.1. The van der Waals surface area contributed by atoms with Crippen molar-refractivity contribution >= 4 is 16.9 Å². The smallest absolute Gasteiger partial charge is 0.315 e. The second-order valence-electron chi connectivity index (χ2n) is 6.70. The predicted octanol–water partition coefficient (Wildman–Crippen LogP) is 2.95. The van der Waals surface area contributed by atoms with Crippen molar-refractivity contribution in [2.75, 3.05) is 13.2 Å². The van der Waals surface area contributed by atoms with Crippen LogP contribution in [0.15, 0.2) is 30.5 Å². The minimum atomic E-state index is -0.125. The molecule has 5 nitrogen and oxygen atoms in total. The Balaban J connectivity index is 1.48. The number of H-pyrrole nitrogens is 1. The van der Waals surface area contributed by atoms with E-state index in [0.29, 0.717) is 6.54 Å². The van der Waals surface area contributed by atoms with Gasteiger partial charge in [0.1, 0.15) is 0 Å². The van der Waals surface area contributed by atoms with E-state index in [9.17, 15) is 9.90 Å². The van der Waals surface area contributed by atoms with Gasteiger partial charge in [-0.05, 0) is 30.9 Å². The van der Waals surface area contributed by atoms with E-state index in [1.165, 1.54) is 17.4 Å². The number of aliphatic hydroxyl groups is 1. The first-order valence-corrected chi connectivity index (χ1v) is 8.98. The molecule has 4 N–H and O–H groups in total. The molecule has 1 heterocycles. The number of fused-ring (bicyclic) bond motifs is 1. The van der Waals surface area contributed by atoms with Gasteiger partial charge in [0.25, 0.3) is 0 Å². The van der Waals surface area contributed by atoms with Crippen molar-refractivity contribution in [1.82, 2.24) is 15.6 Å². The van der Waals surface area contributed by atoms with Gasteiger partial charge in [0.2, 0.25) is 0 Å². The number of aromatic amines is 1. The maximum Gasteiger partial charge on any atom is 0.315 e. The van der Waals surface area contributed by atoms with Crippen LogP contribution in [0.1, 0.15) is 37.7 Å². The Kier molecular flexibility index (Phi) is 5.75. The maximum atomic E-state index is 12.2. The lowest BCUT2D eigenvalue weighted by Gasteiger charge is -2.24. The van der Waals surface area contributed by atoms with Crippen molar-refractivity contribution in [2.45, 2.75) is 44.6 Å². The number of aliphatic hydroxyl groups excluding tert-OH is 1. The summed E-state index contributed by atoms with van der Waals surface area (Å²) in [5, 5.41) is 16.7. The van der Waals surface area contributed by atoms with Gasteiger partial charge in [-0.3, -0.25) is 0 Å². The number of carbonyl (C=O) groups excluding carboxylic acids is 1. The number of para-hydroxylation sites is 1. The van der Waals surface area contributed by atoms with Crippen molar-refractivity contribution in [3.63, 3.8) is 0 Å². The van der Waals surface area contributed by atoms with Crippen LogP contribution in [-0.2, 0) is 6.42 Å². The molecule has 0 aliphatic heterocycles. The molecule has 0 bridgehead atoms. The van der Waals surface area contributed by atoms with Crippen LogP contribution in [0.25, 0.3) is 10.9 Å². The number of nitrogens with one attached hydrogen (secondary N) is 3. The fourth-order valence-electron chi connectivity index (χ4n) is 3.66. The number of carbonyl (C=O) groups is 1. The number of rotatable bonds is 5. The van der Waals surface area contributed by atoms with E-state index in [1.807, 2.05) is 18.3 Å². The van der Waals surface area contributed by atoms with Gasteiger partial charge in [0.05, 0.1) is 0 Å². The van der Waals surface area contributed by atoms with Crippen molar-refractivity contribution in [3.05, 3.63) is 36.0 Å². The number of urea groups is 1. The third kappa shape index (κ3) is 4.09. The standard InChI is InChI=1S/C19H27N3O2/c23-13-15-6-2-1-3-8-17(15)22-19(24)20-11-10-14-12-21-18-9-5-4-7-16(14)18/h4-5,7,9,12,15,17,21,23H,1-3,6,8,10-11,13H2,(H2,20,22,24). The summed E-state index contributed by atoms with van der Waals surface area (Å²) in [5.74, 6) is 0.187. The van der Waals surface area contributed by atoms with E-state index in [2.05, 4.69) is 27.8 Å². The monoisotopic (exact) mass is 329 g/mol. The molecule has 1 aliphatic rings. The molecule has 24 heavy (non-hydrogen) atoms. The second-order valence-corrected chi connectivity index (χ2v) is 6.70. The summed E-state index contributed by atoms with van der Waals surface area (Å²) in [6.45, 7) is 0.754. The molecular weight excluding hydrogens is 302 g/mol. The van der Waals surface area contributed by atoms with Gasteiger partial charge in [-0.25, -0.2) is 4.79 Å². The lowest BCUT2D eigenvalue weighted by molar-refractivity contribution is 0.179. The zero-order chi connectivity index (χ0) is 16.8. The highest BCUT2D eigenvalue weighted by Gasteiger charge is 2.24. The van der Waals surface area contributed by atoms with Gasteiger partial charge in [-0.2, -0.15) is 0 Å². The van der Waals surface area contributed by atoms with E-state index in [-0.39, 0.29) is 24.6 Å². The highest BCUT2D eigenvalue weighted by molar-refractivity contribution is 5.83. The lowest BCUT2D eigenvalue weighted by Crippen LogP contribution is -2.46. The quantitative estimate of drug-likeness (QED) is 0.637. The van der Waals surface area contributed by atoms with Gasteiger partial charge >= 0.3 is 6.03 Å². The van der Waals surface area contributed by atoms with Gasteiger partial charge in [0.15, 0.2) is 0 Å². The van der Waals surface area contributed by atoms with Crippen molar-refractivity contribution in [1.29, 1.82) is 0 Å². The van der Waals surface area contributed by atoms with Gasteiger partial charge in [-0.15, -0.1) is 0 Å². The molecular formula is C19H27N3O2. The number of benzene rings is 1. The summed E-state index contributed by atoms with van der Waals surface area (Å²) in [7, 11) is 0. The van der Waals surface area contributed by atoms with Crippen molar-refractivity contribution < 1.29 is 9.90 Å². The first-order valence-electron chi connectivity index (χ1n) is 8.98. The SMILES string of the molecule is O=C(NCCc1c[nH]c2ccccc12)NC1CCCCCC1CO. The fourth-order valence-corrected chi connectivity index (χ4v) is 3.66. The first kappa shape index (κ1) is 16.8. The Bertz CT molecular complexity index is 667. The molecule has 5 heteroatoms. The van der Waals surface area contributed by atoms with Crippen LogP contribution in [0.2, 0.25) is 0 Å². The number of amides is 2. The summed E-state index contributed by atoms with van der Waals surface area (Å²) in [6, 6.07) is 8.16. The Labute approximate surface area is 142 Å². The molecule has 2 amide bonds. The average Bonchev–Trinajstić information content (AvgIpc) is 2.87. The van der Waals surface area contributed by atoms with Crippen LogP contribution in [0.5, 0.6) is 0 Å². The Morgan fingerprint density at radius 1 is 1.21 bits per heavy atom. The van der Waals surface area contributed by atoms with Crippen LogP contribution in [-0.4, -0.2) is 35.3 Å². The summed E-state index contributed by atoms with van der Waals surface area (Å²) < 4.78 is 0. The Morgan fingerprint density at radius 2 is 2.04 bits per heavy atom. The molecule has 2 unspecified atom stereocenters. The fraction of sp³-hybridized carbons (Fsp3) is 0.526. The minimum Gasteiger partial charge on any atom is -0.396 e. The Hall–Kier alpha value is -2.01. The van der Waals surface area contributed by atoms with Gasteiger partial charge in [-0.1, -0.05) is 37.5 Å². The second kappa shape index (κ2) is 8.20. The van der Waals surface area contributed by atoms with Gasteiger partial charge < -0.3 is 20.7 Å². The van der Waals surface area contributed by atoms with E-state index in [0.717, 1.165) is 37.6 Å². The number of hydrogen-bond donors (Lipinski definition) is 4. The highest BCUT2D eigenvalue weighted by atomic mass is 16.3.